The maximum absolute atomic E-state index is 13.0. The van der Waals surface area contributed by atoms with Crippen LogP contribution in [0.1, 0.15) is 24.4 Å². The van der Waals surface area contributed by atoms with Crippen molar-refractivity contribution in [1.82, 2.24) is 5.43 Å². The van der Waals surface area contributed by atoms with Gasteiger partial charge in [-0.1, -0.05) is 11.6 Å². The molecule has 0 aromatic heterocycles. The van der Waals surface area contributed by atoms with Gasteiger partial charge in [-0.2, -0.15) is 0 Å². The van der Waals surface area contributed by atoms with Crippen molar-refractivity contribution in [3.63, 3.8) is 0 Å². The van der Waals surface area contributed by atoms with E-state index in [0.29, 0.717) is 16.5 Å². The summed E-state index contributed by atoms with van der Waals surface area (Å²) < 4.78 is 13.0. The fourth-order valence-electron chi connectivity index (χ4n) is 1.39. The quantitative estimate of drug-likeness (QED) is 0.479. The molecular formula is C10H13Cl2FN2. The lowest BCUT2D eigenvalue weighted by Crippen LogP contribution is -2.28. The molecule has 15 heavy (non-hydrogen) atoms. The lowest BCUT2D eigenvalue weighted by atomic mass is 10.0. The summed E-state index contributed by atoms with van der Waals surface area (Å²) in [5.74, 6) is 5.62. The minimum atomic E-state index is -0.319. The van der Waals surface area contributed by atoms with Crippen LogP contribution in [0.3, 0.4) is 0 Å². The molecule has 3 N–H and O–H groups in total. The van der Waals surface area contributed by atoms with Gasteiger partial charge in [0.05, 0.1) is 0 Å². The van der Waals surface area contributed by atoms with Crippen molar-refractivity contribution in [3.05, 3.63) is 34.6 Å². The van der Waals surface area contributed by atoms with Crippen molar-refractivity contribution < 1.29 is 4.39 Å². The van der Waals surface area contributed by atoms with E-state index in [1.54, 1.807) is 0 Å². The van der Waals surface area contributed by atoms with Gasteiger partial charge in [-0.15, -0.1) is 11.6 Å². The van der Waals surface area contributed by atoms with Crippen LogP contribution < -0.4 is 11.3 Å². The monoisotopic (exact) mass is 250 g/mol. The minimum Gasteiger partial charge on any atom is -0.271 e. The third-order valence-electron chi connectivity index (χ3n) is 2.16. The van der Waals surface area contributed by atoms with E-state index in [-0.39, 0.29) is 11.9 Å². The van der Waals surface area contributed by atoms with Gasteiger partial charge in [0.1, 0.15) is 5.82 Å². The van der Waals surface area contributed by atoms with Crippen molar-refractivity contribution >= 4 is 23.2 Å². The predicted octanol–water partition coefficient (Wildman–Crippen LogP) is 3.00. The van der Waals surface area contributed by atoms with Crippen LogP contribution in [-0.2, 0) is 0 Å². The number of hydrogen-bond acceptors (Lipinski definition) is 2. The van der Waals surface area contributed by atoms with E-state index < -0.39 is 0 Å². The van der Waals surface area contributed by atoms with Gasteiger partial charge in [0.25, 0.3) is 0 Å². The third-order valence-corrected chi connectivity index (χ3v) is 2.77. The third kappa shape index (κ3) is 3.61. The van der Waals surface area contributed by atoms with Gasteiger partial charge in [-0.25, -0.2) is 4.39 Å². The fourth-order valence-corrected chi connectivity index (χ4v) is 1.80. The summed E-state index contributed by atoms with van der Waals surface area (Å²) in [7, 11) is 0. The summed E-state index contributed by atoms with van der Waals surface area (Å²) in [4.78, 5) is 0. The van der Waals surface area contributed by atoms with Crippen LogP contribution in [0, 0.1) is 5.82 Å². The summed E-state index contributed by atoms with van der Waals surface area (Å²) >= 11 is 11.5. The second-order valence-corrected chi connectivity index (χ2v) is 4.00. The summed E-state index contributed by atoms with van der Waals surface area (Å²) in [6, 6.07) is 4.08. The Labute approximate surface area is 98.5 Å². The highest BCUT2D eigenvalue weighted by Crippen LogP contribution is 2.26. The molecule has 0 saturated heterocycles. The molecule has 5 heteroatoms. The molecule has 1 unspecified atom stereocenters. The molecule has 2 nitrogen and oxygen atoms in total. The minimum absolute atomic E-state index is 0.160. The van der Waals surface area contributed by atoms with E-state index in [9.17, 15) is 4.39 Å². The van der Waals surface area contributed by atoms with Gasteiger partial charge < -0.3 is 0 Å². The zero-order valence-electron chi connectivity index (χ0n) is 8.14. The highest BCUT2D eigenvalue weighted by molar-refractivity contribution is 6.31. The van der Waals surface area contributed by atoms with Gasteiger partial charge in [0.15, 0.2) is 0 Å². The van der Waals surface area contributed by atoms with Crippen LogP contribution >= 0.6 is 23.2 Å². The SMILES string of the molecule is NNC(CCCCl)c1cc(F)ccc1Cl. The lowest BCUT2D eigenvalue weighted by molar-refractivity contribution is 0.507. The van der Waals surface area contributed by atoms with E-state index in [4.69, 9.17) is 29.0 Å². The Morgan fingerprint density at radius 1 is 1.47 bits per heavy atom. The maximum atomic E-state index is 13.0. The highest BCUT2D eigenvalue weighted by Gasteiger charge is 2.13. The Bertz CT molecular complexity index is 320. The number of alkyl halides is 1. The summed E-state index contributed by atoms with van der Waals surface area (Å²) in [5, 5.41) is 0.508. The Hall–Kier alpha value is -0.350. The highest BCUT2D eigenvalue weighted by atomic mass is 35.5. The van der Waals surface area contributed by atoms with Crippen molar-refractivity contribution in [1.29, 1.82) is 0 Å². The molecule has 0 amide bonds. The number of halogens is 3. The first-order chi connectivity index (χ1) is 7.19. The van der Waals surface area contributed by atoms with Crippen LogP contribution in [0.15, 0.2) is 18.2 Å². The van der Waals surface area contributed by atoms with Crippen LogP contribution in [0.25, 0.3) is 0 Å². The molecule has 1 rings (SSSR count). The molecule has 0 spiro atoms. The van der Waals surface area contributed by atoms with Crippen molar-refractivity contribution in [2.75, 3.05) is 5.88 Å². The zero-order valence-corrected chi connectivity index (χ0v) is 9.65. The van der Waals surface area contributed by atoms with Gasteiger partial charge in [0, 0.05) is 16.9 Å². The Morgan fingerprint density at radius 3 is 2.80 bits per heavy atom. The summed E-state index contributed by atoms with van der Waals surface area (Å²) in [6.07, 6.45) is 1.52. The second kappa shape index (κ2) is 6.28. The molecular weight excluding hydrogens is 238 g/mol. The summed E-state index contributed by atoms with van der Waals surface area (Å²) in [6.45, 7) is 0. The molecule has 0 bridgehead atoms. The number of hydrazine groups is 1. The number of hydrogen-bond donors (Lipinski definition) is 2. The number of nitrogens with one attached hydrogen (secondary N) is 1. The molecule has 1 atom stereocenters. The molecule has 0 fully saturated rings. The van der Waals surface area contributed by atoms with Gasteiger partial charge in [0.2, 0.25) is 0 Å². The maximum Gasteiger partial charge on any atom is 0.123 e. The van der Waals surface area contributed by atoms with E-state index in [0.717, 1.165) is 12.8 Å². The molecule has 84 valence electrons. The fraction of sp³-hybridized carbons (Fsp3) is 0.400. The standard InChI is InChI=1S/C10H13Cl2FN2/c11-5-1-2-10(15-14)8-6-7(13)3-4-9(8)12/h3-4,6,10,15H,1-2,5,14H2. The molecule has 0 aliphatic heterocycles. The summed E-state index contributed by atoms with van der Waals surface area (Å²) in [5.41, 5.74) is 3.28. The average Bonchev–Trinajstić information content (AvgIpc) is 2.24. The molecule has 1 aromatic carbocycles. The number of rotatable bonds is 5. The van der Waals surface area contributed by atoms with E-state index >= 15 is 0 Å². The lowest BCUT2D eigenvalue weighted by Gasteiger charge is -2.17. The smallest absolute Gasteiger partial charge is 0.123 e. The van der Waals surface area contributed by atoms with Crippen molar-refractivity contribution in [2.24, 2.45) is 5.84 Å². The van der Waals surface area contributed by atoms with Crippen molar-refractivity contribution in [2.45, 2.75) is 18.9 Å². The molecule has 0 radical (unpaired) electrons. The van der Waals surface area contributed by atoms with E-state index in [2.05, 4.69) is 5.43 Å². The molecule has 0 aliphatic carbocycles. The zero-order chi connectivity index (χ0) is 11.3. The molecule has 0 aliphatic rings. The van der Waals surface area contributed by atoms with E-state index in [1.807, 2.05) is 0 Å². The van der Waals surface area contributed by atoms with Crippen molar-refractivity contribution in [3.8, 4) is 0 Å². The van der Waals surface area contributed by atoms with Crippen LogP contribution in [0.5, 0.6) is 0 Å². The Kier molecular flexibility index (Phi) is 5.32. The first-order valence-corrected chi connectivity index (χ1v) is 5.57. The predicted molar refractivity (Wildman–Crippen MR) is 61.4 cm³/mol. The van der Waals surface area contributed by atoms with Crippen LogP contribution in [-0.4, -0.2) is 5.88 Å². The van der Waals surface area contributed by atoms with Gasteiger partial charge in [-0.05, 0) is 36.6 Å². The average molecular weight is 251 g/mol. The molecule has 1 aromatic rings. The Balaban J connectivity index is 2.85. The number of benzene rings is 1. The van der Waals surface area contributed by atoms with E-state index in [1.165, 1.54) is 18.2 Å². The molecule has 0 saturated carbocycles. The van der Waals surface area contributed by atoms with Gasteiger partial charge >= 0.3 is 0 Å². The number of nitrogens with two attached hydrogens (primary N) is 1. The van der Waals surface area contributed by atoms with Gasteiger partial charge in [-0.3, -0.25) is 11.3 Å². The van der Waals surface area contributed by atoms with Crippen LogP contribution in [0.2, 0.25) is 5.02 Å². The first kappa shape index (κ1) is 12.7. The first-order valence-electron chi connectivity index (χ1n) is 4.66. The largest absolute Gasteiger partial charge is 0.271 e. The topological polar surface area (TPSA) is 38.0 Å². The normalized spacial score (nSPS) is 12.8. The van der Waals surface area contributed by atoms with Crippen LogP contribution in [0.4, 0.5) is 4.39 Å². The Morgan fingerprint density at radius 2 is 2.20 bits per heavy atom. The molecule has 0 heterocycles. The second-order valence-electron chi connectivity index (χ2n) is 3.22.